The van der Waals surface area contributed by atoms with Gasteiger partial charge in [0.2, 0.25) is 0 Å². The number of aryl methyl sites for hydroxylation is 1. The van der Waals surface area contributed by atoms with Crippen molar-refractivity contribution < 1.29 is 0 Å². The van der Waals surface area contributed by atoms with E-state index in [0.29, 0.717) is 11.0 Å². The number of halogens is 1. The van der Waals surface area contributed by atoms with Gasteiger partial charge in [0, 0.05) is 60.8 Å². The SMILES string of the molecule is Cc1nc(Cl)c(C)c(N2CCc3ncc(-c4cnn(CC5CC5)c4)cc3C2)n1. The molecule has 3 aromatic heterocycles. The van der Waals surface area contributed by atoms with Gasteiger partial charge in [0.15, 0.2) is 0 Å². The summed E-state index contributed by atoms with van der Waals surface area (Å²) in [5, 5.41) is 5.06. The third-order valence-corrected chi connectivity index (χ3v) is 5.99. The molecule has 0 aromatic carbocycles. The number of aromatic nitrogens is 5. The number of pyridine rings is 1. The Morgan fingerprint density at radius 3 is 2.82 bits per heavy atom. The van der Waals surface area contributed by atoms with Crippen LogP contribution in [0.5, 0.6) is 0 Å². The topological polar surface area (TPSA) is 59.7 Å². The summed E-state index contributed by atoms with van der Waals surface area (Å²) in [7, 11) is 0. The van der Waals surface area contributed by atoms with Crippen LogP contribution in [0.25, 0.3) is 11.1 Å². The van der Waals surface area contributed by atoms with Gasteiger partial charge < -0.3 is 4.90 Å². The highest BCUT2D eigenvalue weighted by atomic mass is 35.5. The summed E-state index contributed by atoms with van der Waals surface area (Å²) >= 11 is 6.29. The van der Waals surface area contributed by atoms with Crippen molar-refractivity contribution >= 4 is 17.4 Å². The molecule has 2 aliphatic rings. The van der Waals surface area contributed by atoms with Gasteiger partial charge in [-0.2, -0.15) is 5.10 Å². The monoisotopic (exact) mass is 394 g/mol. The van der Waals surface area contributed by atoms with Crippen LogP contribution in [0.15, 0.2) is 24.7 Å². The van der Waals surface area contributed by atoms with Crippen LogP contribution in [0.3, 0.4) is 0 Å². The molecule has 28 heavy (non-hydrogen) atoms. The average molecular weight is 395 g/mol. The van der Waals surface area contributed by atoms with E-state index in [4.69, 9.17) is 16.6 Å². The number of nitrogens with zero attached hydrogens (tertiary/aromatic N) is 6. The van der Waals surface area contributed by atoms with Crippen molar-refractivity contribution in [3.8, 4) is 11.1 Å². The van der Waals surface area contributed by atoms with Gasteiger partial charge >= 0.3 is 0 Å². The Morgan fingerprint density at radius 1 is 1.14 bits per heavy atom. The zero-order chi connectivity index (χ0) is 19.3. The van der Waals surface area contributed by atoms with Crippen LogP contribution in [0.2, 0.25) is 5.15 Å². The third-order valence-electron chi connectivity index (χ3n) is 5.62. The molecular weight excluding hydrogens is 372 g/mol. The normalized spacial score (nSPS) is 16.3. The van der Waals surface area contributed by atoms with E-state index in [2.05, 4.69) is 36.9 Å². The Hall–Kier alpha value is -2.47. The van der Waals surface area contributed by atoms with E-state index < -0.39 is 0 Å². The molecule has 1 aliphatic heterocycles. The summed E-state index contributed by atoms with van der Waals surface area (Å²) in [6, 6.07) is 2.25. The lowest BCUT2D eigenvalue weighted by Crippen LogP contribution is -2.32. The Labute approximate surface area is 169 Å². The second-order valence-electron chi connectivity index (χ2n) is 7.91. The second kappa shape index (κ2) is 6.85. The summed E-state index contributed by atoms with van der Waals surface area (Å²) in [5.74, 6) is 2.44. The maximum absolute atomic E-state index is 6.29. The van der Waals surface area contributed by atoms with Crippen LogP contribution in [0.4, 0.5) is 5.82 Å². The molecule has 6 nitrogen and oxygen atoms in total. The zero-order valence-electron chi connectivity index (χ0n) is 16.2. The molecule has 0 amide bonds. The highest BCUT2D eigenvalue weighted by Crippen LogP contribution is 2.32. The van der Waals surface area contributed by atoms with Gasteiger partial charge in [-0.05, 0) is 44.2 Å². The number of anilines is 1. The standard InChI is InChI=1S/C21H23ClN6/c1-13-20(22)25-14(2)26-21(13)27-6-5-19-17(11-27)7-16(8-23-19)18-9-24-28(12-18)10-15-3-4-15/h7-9,12,15H,3-6,10-11H2,1-2H3. The summed E-state index contributed by atoms with van der Waals surface area (Å²) in [4.78, 5) is 15.9. The Bertz CT molecular complexity index is 1040. The molecule has 0 saturated heterocycles. The predicted octanol–water partition coefficient (Wildman–Crippen LogP) is 3.98. The Balaban J connectivity index is 1.42. The molecule has 144 valence electrons. The molecule has 7 heteroatoms. The van der Waals surface area contributed by atoms with Crippen molar-refractivity contribution in [3.05, 3.63) is 52.5 Å². The Kier molecular flexibility index (Phi) is 4.31. The first-order valence-corrected chi connectivity index (χ1v) is 10.2. The van der Waals surface area contributed by atoms with Crippen molar-refractivity contribution in [1.29, 1.82) is 0 Å². The lowest BCUT2D eigenvalue weighted by Gasteiger charge is -2.30. The molecule has 0 unspecified atom stereocenters. The highest BCUT2D eigenvalue weighted by Gasteiger charge is 2.23. The van der Waals surface area contributed by atoms with Crippen molar-refractivity contribution in [2.75, 3.05) is 11.4 Å². The van der Waals surface area contributed by atoms with Crippen LogP contribution in [0, 0.1) is 19.8 Å². The first-order chi connectivity index (χ1) is 13.6. The molecule has 0 radical (unpaired) electrons. The van der Waals surface area contributed by atoms with Gasteiger partial charge in [-0.3, -0.25) is 9.67 Å². The van der Waals surface area contributed by atoms with Crippen molar-refractivity contribution in [2.45, 2.75) is 46.2 Å². The summed E-state index contributed by atoms with van der Waals surface area (Å²) in [5.41, 5.74) is 5.59. The molecule has 1 saturated carbocycles. The molecule has 3 aromatic rings. The van der Waals surface area contributed by atoms with E-state index in [1.807, 2.05) is 26.2 Å². The minimum Gasteiger partial charge on any atom is -0.351 e. The third kappa shape index (κ3) is 3.37. The molecule has 0 spiro atoms. The summed E-state index contributed by atoms with van der Waals surface area (Å²) < 4.78 is 2.06. The first-order valence-electron chi connectivity index (χ1n) is 9.83. The van der Waals surface area contributed by atoms with Crippen LogP contribution in [-0.4, -0.2) is 31.3 Å². The molecule has 0 atom stereocenters. The average Bonchev–Trinajstić information content (AvgIpc) is 3.38. The van der Waals surface area contributed by atoms with Crippen molar-refractivity contribution in [3.63, 3.8) is 0 Å². The minimum atomic E-state index is 0.531. The van der Waals surface area contributed by atoms with Gasteiger partial charge in [0.1, 0.15) is 16.8 Å². The number of hydrogen-bond acceptors (Lipinski definition) is 5. The van der Waals surface area contributed by atoms with Gasteiger partial charge in [-0.25, -0.2) is 9.97 Å². The number of fused-ring (bicyclic) bond motifs is 1. The predicted molar refractivity (Wildman–Crippen MR) is 109 cm³/mol. The fourth-order valence-electron chi connectivity index (χ4n) is 3.83. The van der Waals surface area contributed by atoms with E-state index in [1.165, 1.54) is 24.1 Å². The summed E-state index contributed by atoms with van der Waals surface area (Å²) in [6.45, 7) is 6.55. The lowest BCUT2D eigenvalue weighted by molar-refractivity contribution is 0.563. The van der Waals surface area contributed by atoms with Crippen molar-refractivity contribution in [1.82, 2.24) is 24.7 Å². The van der Waals surface area contributed by atoms with E-state index in [9.17, 15) is 0 Å². The van der Waals surface area contributed by atoms with Gasteiger partial charge in [-0.15, -0.1) is 0 Å². The minimum absolute atomic E-state index is 0.531. The molecule has 0 bridgehead atoms. The molecule has 1 aliphatic carbocycles. The maximum Gasteiger partial charge on any atom is 0.137 e. The quantitative estimate of drug-likeness (QED) is 0.626. The fraction of sp³-hybridized carbons (Fsp3) is 0.429. The highest BCUT2D eigenvalue weighted by molar-refractivity contribution is 6.30. The van der Waals surface area contributed by atoms with E-state index in [1.54, 1.807) is 0 Å². The summed E-state index contributed by atoms with van der Waals surface area (Å²) in [6.07, 6.45) is 9.62. The van der Waals surface area contributed by atoms with Crippen LogP contribution < -0.4 is 4.90 Å². The second-order valence-corrected chi connectivity index (χ2v) is 8.26. The van der Waals surface area contributed by atoms with Gasteiger partial charge in [-0.1, -0.05) is 11.6 Å². The first kappa shape index (κ1) is 17.6. The molecule has 5 rings (SSSR count). The molecule has 4 heterocycles. The smallest absolute Gasteiger partial charge is 0.137 e. The number of rotatable bonds is 4. The largest absolute Gasteiger partial charge is 0.351 e. The van der Waals surface area contributed by atoms with Crippen LogP contribution >= 0.6 is 11.6 Å². The molecule has 1 fully saturated rings. The zero-order valence-corrected chi connectivity index (χ0v) is 16.9. The maximum atomic E-state index is 6.29. The lowest BCUT2D eigenvalue weighted by atomic mass is 10.0. The van der Waals surface area contributed by atoms with Gasteiger partial charge in [0.05, 0.1) is 6.20 Å². The van der Waals surface area contributed by atoms with Crippen LogP contribution in [0.1, 0.15) is 35.5 Å². The van der Waals surface area contributed by atoms with E-state index in [0.717, 1.165) is 54.5 Å². The number of hydrogen-bond donors (Lipinski definition) is 0. The molecular formula is C21H23ClN6. The van der Waals surface area contributed by atoms with Crippen LogP contribution in [-0.2, 0) is 19.5 Å². The van der Waals surface area contributed by atoms with Gasteiger partial charge in [0.25, 0.3) is 0 Å². The van der Waals surface area contributed by atoms with Crippen molar-refractivity contribution in [2.24, 2.45) is 5.92 Å². The molecule has 0 N–H and O–H groups in total. The van der Waals surface area contributed by atoms with E-state index in [-0.39, 0.29) is 0 Å². The fourth-order valence-corrected chi connectivity index (χ4v) is 4.04. The van der Waals surface area contributed by atoms with E-state index >= 15 is 0 Å². The Morgan fingerprint density at radius 2 is 2.00 bits per heavy atom.